The molecule has 2 N–H and O–H groups in total. The summed E-state index contributed by atoms with van der Waals surface area (Å²) in [6.45, 7) is 3.04. The van der Waals surface area contributed by atoms with E-state index in [0.717, 1.165) is 56.6 Å². The number of carbonyl (C=O) groups is 1. The van der Waals surface area contributed by atoms with Crippen LogP contribution in [0.5, 0.6) is 5.75 Å². The number of pyridine rings is 1. The summed E-state index contributed by atoms with van der Waals surface area (Å²) >= 11 is 0. The van der Waals surface area contributed by atoms with Gasteiger partial charge in [-0.15, -0.1) is 0 Å². The minimum absolute atomic E-state index is 0.117. The van der Waals surface area contributed by atoms with Gasteiger partial charge in [0.1, 0.15) is 17.6 Å². The molecule has 0 bridgehead atoms. The maximum Gasteiger partial charge on any atom is 0.387 e. The van der Waals surface area contributed by atoms with Gasteiger partial charge in [-0.05, 0) is 81.7 Å². The lowest BCUT2D eigenvalue weighted by molar-refractivity contribution is -0.143. The Hall–Kier alpha value is -2.82. The van der Waals surface area contributed by atoms with Crippen molar-refractivity contribution in [2.75, 3.05) is 38.7 Å². The van der Waals surface area contributed by atoms with E-state index in [1.807, 2.05) is 13.8 Å². The molecule has 2 atom stereocenters. The number of hydrogen-bond acceptors (Lipinski definition) is 7. The van der Waals surface area contributed by atoms with E-state index in [1.54, 1.807) is 24.1 Å². The van der Waals surface area contributed by atoms with E-state index in [0.29, 0.717) is 31.7 Å². The molecule has 1 saturated heterocycles. The fourth-order valence-electron chi connectivity index (χ4n) is 5.41. The summed E-state index contributed by atoms with van der Waals surface area (Å²) in [6.07, 6.45) is 6.65. The van der Waals surface area contributed by atoms with Crippen LogP contribution >= 0.6 is 0 Å². The molecule has 1 fully saturated rings. The van der Waals surface area contributed by atoms with Crippen LogP contribution in [0.4, 0.5) is 14.6 Å². The third-order valence-electron chi connectivity index (χ3n) is 7.88. The standard InChI is InChI=1S/C30H41F2N3O5/c1-30(2,38-3)21-11-13-25(40-29(31)32)24(18-21)26(28(36)37)35-16-14-23(19-35)39-17-6-4-5-9-22-12-10-20-8-7-15-33-27(20)34-22/h10-13,18,23,26,29H,4-9,14-17,19H2,1-3H3,(H,33,34)(H,36,37). The molecule has 2 aliphatic rings. The molecule has 0 spiro atoms. The molecule has 3 heterocycles. The molecule has 2 unspecified atom stereocenters. The molecule has 1 aromatic carbocycles. The first kappa shape index (κ1) is 30.1. The highest BCUT2D eigenvalue weighted by Gasteiger charge is 2.37. The number of likely N-dealkylation sites (tertiary alicyclic amines) is 1. The Labute approximate surface area is 235 Å². The molecular weight excluding hydrogens is 520 g/mol. The quantitative estimate of drug-likeness (QED) is 0.290. The fourth-order valence-corrected chi connectivity index (χ4v) is 5.41. The van der Waals surface area contributed by atoms with Gasteiger partial charge in [-0.1, -0.05) is 18.6 Å². The third-order valence-corrected chi connectivity index (χ3v) is 7.88. The Balaban J connectivity index is 1.29. The second-order valence-corrected chi connectivity index (χ2v) is 11.0. The number of ether oxygens (including phenoxy) is 3. The lowest BCUT2D eigenvalue weighted by Gasteiger charge is -2.29. The molecule has 8 nitrogen and oxygen atoms in total. The van der Waals surface area contributed by atoms with Crippen LogP contribution in [0, 0.1) is 0 Å². The number of aromatic nitrogens is 1. The minimum Gasteiger partial charge on any atom is -0.480 e. The van der Waals surface area contributed by atoms with Crippen molar-refractivity contribution in [2.24, 2.45) is 0 Å². The number of methoxy groups -OCH3 is 1. The molecule has 2 aliphatic heterocycles. The third kappa shape index (κ3) is 7.67. The van der Waals surface area contributed by atoms with E-state index in [-0.39, 0.29) is 17.4 Å². The number of alkyl halides is 2. The molecule has 220 valence electrons. The maximum absolute atomic E-state index is 13.2. The summed E-state index contributed by atoms with van der Waals surface area (Å²) < 4.78 is 42.7. The first-order chi connectivity index (χ1) is 19.2. The van der Waals surface area contributed by atoms with Gasteiger partial charge in [0.2, 0.25) is 0 Å². The number of aryl methyl sites for hydroxylation is 2. The average molecular weight is 562 g/mol. The number of hydrogen-bond donors (Lipinski definition) is 2. The van der Waals surface area contributed by atoms with E-state index < -0.39 is 24.2 Å². The smallest absolute Gasteiger partial charge is 0.387 e. The molecule has 0 aliphatic carbocycles. The van der Waals surface area contributed by atoms with Crippen LogP contribution < -0.4 is 10.1 Å². The van der Waals surface area contributed by atoms with E-state index in [4.69, 9.17) is 19.2 Å². The normalized spacial score (nSPS) is 18.4. The summed E-state index contributed by atoms with van der Waals surface area (Å²) in [7, 11) is 1.54. The highest BCUT2D eigenvalue weighted by Crippen LogP contribution is 2.37. The van der Waals surface area contributed by atoms with Gasteiger partial charge in [-0.25, -0.2) is 4.98 Å². The number of aliphatic carboxylic acids is 1. The van der Waals surface area contributed by atoms with E-state index in [1.165, 1.54) is 11.6 Å². The van der Waals surface area contributed by atoms with Crippen molar-refractivity contribution < 1.29 is 32.9 Å². The number of rotatable bonds is 14. The summed E-state index contributed by atoms with van der Waals surface area (Å²) in [5.74, 6) is -0.246. The van der Waals surface area contributed by atoms with Gasteiger partial charge < -0.3 is 24.6 Å². The molecule has 1 aromatic heterocycles. The van der Waals surface area contributed by atoms with Crippen LogP contribution in [-0.4, -0.2) is 67.0 Å². The van der Waals surface area contributed by atoms with E-state index in [2.05, 4.69) is 17.4 Å². The predicted molar refractivity (Wildman–Crippen MR) is 148 cm³/mol. The monoisotopic (exact) mass is 561 g/mol. The Morgan fingerprint density at radius 1 is 1.23 bits per heavy atom. The second-order valence-electron chi connectivity index (χ2n) is 11.0. The first-order valence-corrected chi connectivity index (χ1v) is 14.1. The zero-order valence-corrected chi connectivity index (χ0v) is 23.6. The summed E-state index contributed by atoms with van der Waals surface area (Å²) in [5.41, 5.74) is 2.52. The molecular formula is C30H41F2N3O5. The number of carboxylic acids is 1. The molecule has 0 radical (unpaired) electrons. The zero-order chi connectivity index (χ0) is 28.7. The van der Waals surface area contributed by atoms with Crippen molar-refractivity contribution in [2.45, 2.75) is 83.2 Å². The molecule has 40 heavy (non-hydrogen) atoms. The molecule has 4 rings (SSSR count). The lowest BCUT2D eigenvalue weighted by atomic mass is 9.93. The van der Waals surface area contributed by atoms with Crippen LogP contribution in [0.15, 0.2) is 30.3 Å². The van der Waals surface area contributed by atoms with Gasteiger partial charge in [0.15, 0.2) is 0 Å². The SMILES string of the molecule is COC(C)(C)c1ccc(OC(F)F)c(C(C(=O)O)N2CCC(OCCCCCc3ccc4c(n3)NCCC4)C2)c1. The highest BCUT2D eigenvalue weighted by atomic mass is 19.3. The highest BCUT2D eigenvalue weighted by molar-refractivity contribution is 5.77. The lowest BCUT2D eigenvalue weighted by Crippen LogP contribution is -2.34. The van der Waals surface area contributed by atoms with Crippen LogP contribution in [-0.2, 0) is 32.7 Å². The number of carboxylic acid groups (broad SMARTS) is 1. The van der Waals surface area contributed by atoms with Gasteiger partial charge in [-0.2, -0.15) is 8.78 Å². The number of nitrogens with one attached hydrogen (secondary N) is 1. The van der Waals surface area contributed by atoms with Crippen LogP contribution in [0.1, 0.15) is 74.4 Å². The van der Waals surface area contributed by atoms with Gasteiger partial charge in [0.05, 0.1) is 11.7 Å². The van der Waals surface area contributed by atoms with Crippen molar-refractivity contribution in [1.82, 2.24) is 9.88 Å². The Kier molecular flexibility index (Phi) is 10.3. The molecule has 2 aromatic rings. The van der Waals surface area contributed by atoms with Crippen LogP contribution in [0.25, 0.3) is 0 Å². The summed E-state index contributed by atoms with van der Waals surface area (Å²) in [4.78, 5) is 18.9. The molecule has 0 saturated carbocycles. The van der Waals surface area contributed by atoms with Crippen LogP contribution in [0.3, 0.4) is 0 Å². The first-order valence-electron chi connectivity index (χ1n) is 14.1. The molecule has 0 amide bonds. The van der Waals surface area contributed by atoms with E-state index >= 15 is 0 Å². The summed E-state index contributed by atoms with van der Waals surface area (Å²) in [5, 5.41) is 13.5. The Morgan fingerprint density at radius 2 is 2.05 bits per heavy atom. The number of anilines is 1. The predicted octanol–water partition coefficient (Wildman–Crippen LogP) is 5.55. The molecule has 10 heteroatoms. The largest absolute Gasteiger partial charge is 0.480 e. The van der Waals surface area contributed by atoms with Crippen molar-refractivity contribution in [3.8, 4) is 5.75 Å². The van der Waals surface area contributed by atoms with Crippen molar-refractivity contribution in [1.29, 1.82) is 0 Å². The number of halogens is 2. The topological polar surface area (TPSA) is 93.2 Å². The van der Waals surface area contributed by atoms with Crippen molar-refractivity contribution in [3.63, 3.8) is 0 Å². The van der Waals surface area contributed by atoms with Gasteiger partial charge in [0, 0.05) is 44.6 Å². The second kappa shape index (κ2) is 13.7. The van der Waals surface area contributed by atoms with Gasteiger partial charge in [-0.3, -0.25) is 9.69 Å². The van der Waals surface area contributed by atoms with Crippen LogP contribution in [0.2, 0.25) is 0 Å². The zero-order valence-electron chi connectivity index (χ0n) is 23.6. The Morgan fingerprint density at radius 3 is 2.80 bits per heavy atom. The fraction of sp³-hybridized carbons (Fsp3) is 0.600. The minimum atomic E-state index is -3.07. The maximum atomic E-state index is 13.2. The van der Waals surface area contributed by atoms with Crippen molar-refractivity contribution in [3.05, 3.63) is 52.7 Å². The number of benzene rings is 1. The Bertz CT molecular complexity index is 1150. The average Bonchev–Trinajstić information content (AvgIpc) is 3.39. The summed E-state index contributed by atoms with van der Waals surface area (Å²) in [6, 6.07) is 7.78. The number of nitrogens with zero attached hydrogens (tertiary/aromatic N) is 2. The van der Waals surface area contributed by atoms with Crippen molar-refractivity contribution >= 4 is 11.8 Å². The van der Waals surface area contributed by atoms with Gasteiger partial charge in [0.25, 0.3) is 0 Å². The van der Waals surface area contributed by atoms with Gasteiger partial charge >= 0.3 is 12.6 Å². The number of unbranched alkanes of at least 4 members (excludes halogenated alkanes) is 2. The van der Waals surface area contributed by atoms with E-state index in [9.17, 15) is 18.7 Å². The number of fused-ring (bicyclic) bond motifs is 1.